The van der Waals surface area contributed by atoms with Gasteiger partial charge in [-0.3, -0.25) is 4.79 Å². The zero-order valence-electron chi connectivity index (χ0n) is 47.3. The average molecular weight is 1130 g/mol. The fraction of sp³-hybridized carbons (Fsp3) is 0.918. The molecule has 0 aromatic rings. The average Bonchev–Trinajstić information content (AvgIpc) is 4.23. The Morgan fingerprint density at radius 1 is 0.613 bits per heavy atom. The van der Waals surface area contributed by atoms with E-state index < -0.39 is 60.9 Å². The van der Waals surface area contributed by atoms with Gasteiger partial charge in [-0.2, -0.15) is 0 Å². The summed E-state index contributed by atoms with van der Waals surface area (Å²) in [5, 5.41) is 40.9. The third-order valence-electron chi connectivity index (χ3n) is 21.9. The van der Waals surface area contributed by atoms with Gasteiger partial charge in [0.1, 0.15) is 12.2 Å². The Kier molecular flexibility index (Phi) is 15.4. The van der Waals surface area contributed by atoms with Gasteiger partial charge in [0, 0.05) is 63.7 Å². The Bertz CT molecular complexity index is 2280. The van der Waals surface area contributed by atoms with Crippen LogP contribution in [0.3, 0.4) is 0 Å². The highest BCUT2D eigenvalue weighted by Crippen LogP contribution is 2.56. The summed E-state index contributed by atoms with van der Waals surface area (Å²) in [5.41, 5.74) is 2.15. The van der Waals surface area contributed by atoms with Gasteiger partial charge in [0.2, 0.25) is 0 Å². The lowest BCUT2D eigenvalue weighted by Gasteiger charge is -2.63. The van der Waals surface area contributed by atoms with Gasteiger partial charge in [0.25, 0.3) is 0 Å². The Balaban J connectivity index is 0.666. The maximum atomic E-state index is 14.6. The summed E-state index contributed by atoms with van der Waals surface area (Å²) >= 11 is 0. The number of esters is 1. The van der Waals surface area contributed by atoms with E-state index in [2.05, 4.69) is 33.9 Å². The molecule has 16 fully saturated rings. The zero-order valence-corrected chi connectivity index (χ0v) is 47.3. The maximum absolute atomic E-state index is 14.6. The molecule has 16 rings (SSSR count). The van der Waals surface area contributed by atoms with Gasteiger partial charge in [-0.05, 0) is 86.7 Å². The van der Waals surface area contributed by atoms with Crippen molar-refractivity contribution in [2.75, 3.05) is 6.61 Å². The first-order valence-corrected chi connectivity index (χ1v) is 31.3. The van der Waals surface area contributed by atoms with Crippen LogP contribution in [0.1, 0.15) is 150 Å². The van der Waals surface area contributed by atoms with E-state index in [1.807, 2.05) is 6.92 Å². The summed E-state index contributed by atoms with van der Waals surface area (Å²) in [5.74, 6) is -1.79. The van der Waals surface area contributed by atoms with Crippen molar-refractivity contribution in [2.24, 2.45) is 29.6 Å². The molecule has 12 bridgehead atoms. The predicted octanol–water partition coefficient (Wildman–Crippen LogP) is 5.16. The molecule has 16 heterocycles. The molecule has 19 heteroatoms. The molecule has 0 saturated carbocycles. The van der Waals surface area contributed by atoms with E-state index in [-0.39, 0.29) is 165 Å². The van der Waals surface area contributed by atoms with Crippen LogP contribution in [-0.2, 0) is 71.1 Å². The molecule has 0 aliphatic carbocycles. The number of carbonyl (C=O) groups excluding carboxylic acids is 1. The van der Waals surface area contributed by atoms with Crippen molar-refractivity contribution in [3.8, 4) is 0 Å². The highest BCUT2D eigenvalue weighted by atomic mass is 16.8. The van der Waals surface area contributed by atoms with Crippen LogP contribution in [0.2, 0.25) is 0 Å². The standard InChI is InChI=1S/C61H90O19/c1-27-13-34-7-9-40-28(2)14-36(67-40)11-12-60-24-50-53(59(75-50)80-60)45-22-48(78-60)58-41(71-45)10-8-35(70-58)18-52(66)76-57-32(6)56-47(72-46(57)20-42(68-34)31(27)5)21-44-49(74-56)23-61(77-44)25-51-55(79-61)30(4)16-37(69-51)15-29(3)54-39(65)19-43(73-54)38(64)17-33(63)26-62/h27,29-30,32-51,53-59,62-65H,2,5,7-26H2,1,3-4,6H3/t27-,29+,30+,32+,33-,34+,35-,36+,37-,38+,39+,40+,41+,42-,43+,44-,45-,46+,47+,48-,49-,50+,51+,53+,54+,55+,56+,57-,58+,59?,60?,61+/m1/s1. The molecule has 448 valence electrons. The number of carbonyl (C=O) groups is 1. The largest absolute Gasteiger partial charge is 0.459 e. The normalized spacial score (nSPS) is 54.6. The Morgan fingerprint density at radius 2 is 1.36 bits per heavy atom. The van der Waals surface area contributed by atoms with Gasteiger partial charge in [0.05, 0.1) is 153 Å². The van der Waals surface area contributed by atoms with Crippen molar-refractivity contribution in [3.05, 3.63) is 24.3 Å². The molecular weight excluding hydrogens is 1040 g/mol. The molecular formula is C61H90O19. The molecule has 2 unspecified atom stereocenters. The van der Waals surface area contributed by atoms with Gasteiger partial charge in [-0.25, -0.2) is 0 Å². The second kappa shape index (κ2) is 21.9. The summed E-state index contributed by atoms with van der Waals surface area (Å²) in [6, 6.07) is 0. The SMILES string of the molecule is C=C1C[C@@H]2CCC34C[C@@H]5OC(O3)[C@H]5[C@H]3C[C@@H](O4)[C@H]4O[C@H](CC[C@@H]4O3)CC(=O)O[C@@H]3[C@@H](C)[C@@H]4O[C@@H]5C[C@]6(C[C@@H]7O[C@H](C[C@H](C)[C@@H]8O[C@H]([C@@H](O)C[C@@H](O)CO)C[C@@H]8O)C[C@H](C)[C@@H]7O6)O[C@@H]5C[C@@H]4O[C@H]3C[C@H]3O[C@@H](CC[C@@H]1O2)C[C@@H](C)C3=C. The van der Waals surface area contributed by atoms with Crippen LogP contribution in [0, 0.1) is 29.6 Å². The third kappa shape index (κ3) is 10.5. The lowest BCUT2D eigenvalue weighted by molar-refractivity contribution is -0.483. The van der Waals surface area contributed by atoms with Crippen molar-refractivity contribution in [1.82, 2.24) is 0 Å². The molecule has 0 aromatic carbocycles. The third-order valence-corrected chi connectivity index (χ3v) is 21.9. The van der Waals surface area contributed by atoms with Crippen LogP contribution in [-0.4, -0.2) is 197 Å². The number of aliphatic hydroxyl groups excluding tert-OH is 4. The highest BCUT2D eigenvalue weighted by Gasteiger charge is 2.66. The van der Waals surface area contributed by atoms with Gasteiger partial charge < -0.3 is 86.7 Å². The van der Waals surface area contributed by atoms with Crippen LogP contribution in [0.5, 0.6) is 0 Å². The van der Waals surface area contributed by atoms with Crippen LogP contribution >= 0.6 is 0 Å². The fourth-order valence-corrected chi connectivity index (χ4v) is 17.8. The van der Waals surface area contributed by atoms with E-state index in [1.54, 1.807) is 0 Å². The van der Waals surface area contributed by atoms with Crippen LogP contribution < -0.4 is 0 Å². The first kappa shape index (κ1) is 56.1. The minimum Gasteiger partial charge on any atom is -0.459 e. The van der Waals surface area contributed by atoms with Gasteiger partial charge in [-0.1, -0.05) is 40.9 Å². The quantitative estimate of drug-likeness (QED) is 0.191. The molecule has 4 N–H and O–H groups in total. The summed E-state index contributed by atoms with van der Waals surface area (Å²) in [7, 11) is 0. The summed E-state index contributed by atoms with van der Waals surface area (Å²) in [6.07, 6.45) is 2.70. The second-order valence-corrected chi connectivity index (χ2v) is 27.6. The highest BCUT2D eigenvalue weighted by molar-refractivity contribution is 5.70. The van der Waals surface area contributed by atoms with E-state index in [0.717, 1.165) is 56.1 Å². The Hall–Kier alpha value is -1.73. The van der Waals surface area contributed by atoms with E-state index in [4.69, 9.17) is 66.3 Å². The first-order valence-electron chi connectivity index (χ1n) is 31.3. The van der Waals surface area contributed by atoms with Crippen LogP contribution in [0.4, 0.5) is 0 Å². The summed E-state index contributed by atoms with van der Waals surface area (Å²) < 4.78 is 95.7. The number of hydrogen-bond acceptors (Lipinski definition) is 19. The van der Waals surface area contributed by atoms with Gasteiger partial charge in [-0.15, -0.1) is 0 Å². The lowest BCUT2D eigenvalue weighted by Crippen LogP contribution is -2.72. The van der Waals surface area contributed by atoms with E-state index >= 15 is 0 Å². The summed E-state index contributed by atoms with van der Waals surface area (Å²) in [6.45, 7) is 17.3. The van der Waals surface area contributed by atoms with E-state index in [9.17, 15) is 25.2 Å². The Labute approximate surface area is 470 Å². The van der Waals surface area contributed by atoms with Gasteiger partial charge >= 0.3 is 5.97 Å². The number of rotatable bonds is 7. The van der Waals surface area contributed by atoms with Crippen molar-refractivity contribution >= 4 is 5.97 Å². The minimum absolute atomic E-state index is 0.0166. The van der Waals surface area contributed by atoms with E-state index in [1.165, 1.54) is 0 Å². The van der Waals surface area contributed by atoms with Crippen molar-refractivity contribution in [3.63, 3.8) is 0 Å². The Morgan fingerprint density at radius 3 is 2.19 bits per heavy atom. The first-order chi connectivity index (χ1) is 38.4. The fourth-order valence-electron chi connectivity index (χ4n) is 17.8. The van der Waals surface area contributed by atoms with E-state index in [0.29, 0.717) is 57.8 Å². The molecule has 32 atom stereocenters. The molecule has 2 spiro atoms. The smallest absolute Gasteiger partial charge is 0.308 e. The van der Waals surface area contributed by atoms with Crippen molar-refractivity contribution < 1.29 is 91.5 Å². The van der Waals surface area contributed by atoms with Crippen LogP contribution in [0.15, 0.2) is 24.3 Å². The molecule has 16 saturated heterocycles. The molecule has 16 aliphatic heterocycles. The number of aliphatic hydroxyl groups is 4. The predicted molar refractivity (Wildman–Crippen MR) is 280 cm³/mol. The monoisotopic (exact) mass is 1130 g/mol. The second-order valence-electron chi connectivity index (χ2n) is 27.6. The molecule has 19 nitrogen and oxygen atoms in total. The van der Waals surface area contributed by atoms with Crippen LogP contribution in [0.25, 0.3) is 0 Å². The molecule has 0 amide bonds. The number of fused-ring (bicyclic) bond motifs is 9. The number of hydrogen-bond donors (Lipinski definition) is 4. The molecule has 80 heavy (non-hydrogen) atoms. The topological polar surface area (TPSA) is 227 Å². The van der Waals surface area contributed by atoms with Crippen molar-refractivity contribution in [1.29, 1.82) is 0 Å². The molecule has 0 radical (unpaired) electrons. The maximum Gasteiger partial charge on any atom is 0.308 e. The number of ether oxygens (including phenoxy) is 14. The lowest BCUT2D eigenvalue weighted by atomic mass is 9.75. The summed E-state index contributed by atoms with van der Waals surface area (Å²) in [4.78, 5) is 14.6. The molecule has 0 aromatic heterocycles. The van der Waals surface area contributed by atoms with Crippen molar-refractivity contribution in [2.45, 2.75) is 314 Å². The zero-order chi connectivity index (χ0) is 55.1. The minimum atomic E-state index is -1.05. The van der Waals surface area contributed by atoms with Gasteiger partial charge in [0.15, 0.2) is 17.9 Å². The molecule has 16 aliphatic rings.